The molecule has 1 atom stereocenters. The second kappa shape index (κ2) is 8.86. The molecular formula is C15H22BNO6. The quantitative estimate of drug-likeness (QED) is 0.302. The first-order valence-electron chi connectivity index (χ1n) is 7.92. The highest BCUT2D eigenvalue weighted by atomic mass is 16.6. The SMILES string of the molecule is CCCCOCCCOc1cccc2c1B(O)O[C@H]2C[N+](=O)[O-]. The van der Waals surface area contributed by atoms with Crippen molar-refractivity contribution in [3.05, 3.63) is 33.9 Å². The van der Waals surface area contributed by atoms with Gasteiger partial charge in [0, 0.05) is 30.0 Å². The molecule has 0 fully saturated rings. The highest BCUT2D eigenvalue weighted by Crippen LogP contribution is 2.27. The van der Waals surface area contributed by atoms with E-state index in [-0.39, 0.29) is 6.54 Å². The first-order chi connectivity index (χ1) is 11.1. The second-order valence-corrected chi connectivity index (χ2v) is 5.42. The van der Waals surface area contributed by atoms with Gasteiger partial charge in [-0.15, -0.1) is 0 Å². The Hall–Kier alpha value is -1.64. The van der Waals surface area contributed by atoms with E-state index < -0.39 is 18.1 Å². The zero-order chi connectivity index (χ0) is 16.7. The average molecular weight is 323 g/mol. The van der Waals surface area contributed by atoms with E-state index in [4.69, 9.17) is 14.1 Å². The third-order valence-electron chi connectivity index (χ3n) is 3.63. The fourth-order valence-corrected chi connectivity index (χ4v) is 2.50. The zero-order valence-corrected chi connectivity index (χ0v) is 13.3. The van der Waals surface area contributed by atoms with E-state index in [0.29, 0.717) is 30.0 Å². The van der Waals surface area contributed by atoms with Crippen LogP contribution in [0.15, 0.2) is 18.2 Å². The van der Waals surface area contributed by atoms with Crippen molar-refractivity contribution in [2.75, 3.05) is 26.4 Å². The van der Waals surface area contributed by atoms with Crippen LogP contribution in [-0.4, -0.2) is 43.4 Å². The van der Waals surface area contributed by atoms with Crippen LogP contribution < -0.4 is 10.2 Å². The van der Waals surface area contributed by atoms with Gasteiger partial charge in [0.15, 0.2) is 0 Å². The van der Waals surface area contributed by atoms with Crippen LogP contribution >= 0.6 is 0 Å². The van der Waals surface area contributed by atoms with E-state index in [2.05, 4.69) is 6.92 Å². The molecule has 1 N–H and O–H groups in total. The molecule has 0 spiro atoms. The number of ether oxygens (including phenoxy) is 2. The Kier molecular flexibility index (Phi) is 6.82. The minimum atomic E-state index is -1.19. The summed E-state index contributed by atoms with van der Waals surface area (Å²) in [5, 5.41) is 20.7. The molecule has 126 valence electrons. The van der Waals surface area contributed by atoms with Crippen LogP contribution in [0.1, 0.15) is 37.9 Å². The van der Waals surface area contributed by atoms with Crippen molar-refractivity contribution in [2.24, 2.45) is 0 Å². The van der Waals surface area contributed by atoms with E-state index in [0.717, 1.165) is 25.9 Å². The van der Waals surface area contributed by atoms with Gasteiger partial charge in [-0.25, -0.2) is 0 Å². The number of hydrogen-bond acceptors (Lipinski definition) is 6. The smallest absolute Gasteiger partial charge is 0.494 e. The van der Waals surface area contributed by atoms with Crippen LogP contribution in [-0.2, 0) is 9.39 Å². The fraction of sp³-hybridized carbons (Fsp3) is 0.600. The maximum atomic E-state index is 10.7. The van der Waals surface area contributed by atoms with Crippen molar-refractivity contribution in [2.45, 2.75) is 32.3 Å². The third-order valence-corrected chi connectivity index (χ3v) is 3.63. The van der Waals surface area contributed by atoms with E-state index in [1.165, 1.54) is 0 Å². The number of unbranched alkanes of at least 4 members (excludes halogenated alkanes) is 1. The van der Waals surface area contributed by atoms with Gasteiger partial charge in [-0.1, -0.05) is 25.5 Å². The topological polar surface area (TPSA) is 91.1 Å². The Balaban J connectivity index is 1.89. The molecule has 2 rings (SSSR count). The first-order valence-corrected chi connectivity index (χ1v) is 7.92. The Morgan fingerprint density at radius 2 is 2.13 bits per heavy atom. The van der Waals surface area contributed by atoms with E-state index >= 15 is 0 Å². The number of benzene rings is 1. The van der Waals surface area contributed by atoms with Crippen LogP contribution in [0.3, 0.4) is 0 Å². The summed E-state index contributed by atoms with van der Waals surface area (Å²) in [6, 6.07) is 5.21. The van der Waals surface area contributed by atoms with Crippen molar-refractivity contribution in [1.82, 2.24) is 0 Å². The molecule has 23 heavy (non-hydrogen) atoms. The highest BCUT2D eigenvalue weighted by molar-refractivity contribution is 6.62. The van der Waals surface area contributed by atoms with Gasteiger partial charge in [-0.05, 0) is 18.1 Å². The second-order valence-electron chi connectivity index (χ2n) is 5.42. The van der Waals surface area contributed by atoms with Gasteiger partial charge in [0.1, 0.15) is 11.9 Å². The summed E-state index contributed by atoms with van der Waals surface area (Å²) in [6.45, 7) is 3.57. The molecular weight excluding hydrogens is 301 g/mol. The first kappa shape index (κ1) is 17.7. The summed E-state index contributed by atoms with van der Waals surface area (Å²) < 4.78 is 16.4. The lowest BCUT2D eigenvalue weighted by molar-refractivity contribution is -0.490. The van der Waals surface area contributed by atoms with Crippen molar-refractivity contribution < 1.29 is 24.1 Å². The molecule has 0 radical (unpaired) electrons. The molecule has 0 saturated carbocycles. The molecule has 7 nitrogen and oxygen atoms in total. The molecule has 1 aliphatic heterocycles. The van der Waals surface area contributed by atoms with Crippen LogP contribution in [0, 0.1) is 10.1 Å². The summed E-state index contributed by atoms with van der Waals surface area (Å²) in [5.41, 5.74) is 1.11. The van der Waals surface area contributed by atoms with Crippen LogP contribution in [0.25, 0.3) is 0 Å². The predicted octanol–water partition coefficient (Wildman–Crippen LogP) is 1.31. The maximum absolute atomic E-state index is 10.7. The van der Waals surface area contributed by atoms with Gasteiger partial charge >= 0.3 is 7.12 Å². The summed E-state index contributed by atoms with van der Waals surface area (Å²) in [7, 11) is -1.19. The predicted molar refractivity (Wildman–Crippen MR) is 85.6 cm³/mol. The number of rotatable bonds is 10. The molecule has 0 aromatic heterocycles. The maximum Gasteiger partial charge on any atom is 0.496 e. The lowest BCUT2D eigenvalue weighted by Crippen LogP contribution is -2.30. The van der Waals surface area contributed by atoms with Crippen LogP contribution in [0.2, 0.25) is 0 Å². The Bertz CT molecular complexity index is 527. The molecule has 0 amide bonds. The number of nitrogens with zero attached hydrogens (tertiary/aromatic N) is 1. The fourth-order valence-electron chi connectivity index (χ4n) is 2.50. The molecule has 8 heteroatoms. The molecule has 0 unspecified atom stereocenters. The molecule has 1 aromatic carbocycles. The van der Waals surface area contributed by atoms with Gasteiger partial charge < -0.3 is 19.2 Å². The minimum Gasteiger partial charge on any atom is -0.494 e. The number of fused-ring (bicyclic) bond motifs is 1. The molecule has 0 aliphatic carbocycles. The molecule has 1 heterocycles. The molecule has 0 bridgehead atoms. The van der Waals surface area contributed by atoms with Crippen LogP contribution in [0.5, 0.6) is 5.75 Å². The molecule has 0 saturated heterocycles. The van der Waals surface area contributed by atoms with Crippen molar-refractivity contribution in [1.29, 1.82) is 0 Å². The van der Waals surface area contributed by atoms with Crippen molar-refractivity contribution >= 4 is 12.6 Å². The number of nitro groups is 1. The highest BCUT2D eigenvalue weighted by Gasteiger charge is 2.40. The standard InChI is InChI=1S/C15H22BNO6/c1-2-3-8-21-9-5-10-22-13-7-4-6-12-14(11-17(19)20)23-16(18)15(12)13/h4,6-7,14,18H,2-3,5,8-11H2,1H3/t14-/m0/s1. The summed E-state index contributed by atoms with van der Waals surface area (Å²) in [6.07, 6.45) is 2.16. The Labute approximate surface area is 135 Å². The van der Waals surface area contributed by atoms with Gasteiger partial charge in [0.25, 0.3) is 0 Å². The van der Waals surface area contributed by atoms with Crippen molar-refractivity contribution in [3.63, 3.8) is 0 Å². The lowest BCUT2D eigenvalue weighted by atomic mass is 9.78. The van der Waals surface area contributed by atoms with Gasteiger partial charge in [0.05, 0.1) is 6.61 Å². The van der Waals surface area contributed by atoms with E-state index in [1.54, 1.807) is 18.2 Å². The Morgan fingerprint density at radius 3 is 2.87 bits per heavy atom. The summed E-state index contributed by atoms with van der Waals surface area (Å²) in [4.78, 5) is 10.2. The third kappa shape index (κ3) is 4.92. The summed E-state index contributed by atoms with van der Waals surface area (Å²) in [5.74, 6) is 0.509. The van der Waals surface area contributed by atoms with Crippen molar-refractivity contribution in [3.8, 4) is 5.75 Å². The minimum absolute atomic E-state index is 0.376. The Morgan fingerprint density at radius 1 is 1.35 bits per heavy atom. The van der Waals surface area contributed by atoms with Gasteiger partial charge in [0.2, 0.25) is 6.54 Å². The van der Waals surface area contributed by atoms with E-state index in [1.807, 2.05) is 0 Å². The number of hydrogen-bond donors (Lipinski definition) is 1. The largest absolute Gasteiger partial charge is 0.496 e. The molecule has 1 aliphatic rings. The van der Waals surface area contributed by atoms with E-state index in [9.17, 15) is 15.1 Å². The van der Waals surface area contributed by atoms with Crippen LogP contribution in [0.4, 0.5) is 0 Å². The summed E-state index contributed by atoms with van der Waals surface area (Å²) >= 11 is 0. The zero-order valence-electron chi connectivity index (χ0n) is 13.3. The lowest BCUT2D eigenvalue weighted by Gasteiger charge is -2.11. The van der Waals surface area contributed by atoms with Gasteiger partial charge in [-0.2, -0.15) is 0 Å². The normalized spacial score (nSPS) is 16.4. The van der Waals surface area contributed by atoms with Gasteiger partial charge in [-0.3, -0.25) is 10.1 Å². The average Bonchev–Trinajstić information content (AvgIpc) is 2.83. The molecule has 1 aromatic rings. The monoisotopic (exact) mass is 323 g/mol.